The fourth-order valence-electron chi connectivity index (χ4n) is 5.67. The number of halogens is 1. The summed E-state index contributed by atoms with van der Waals surface area (Å²) in [5.74, 6) is -0.00881. The van der Waals surface area contributed by atoms with Crippen LogP contribution in [0.3, 0.4) is 0 Å². The smallest absolute Gasteiger partial charge is 0.255 e. The van der Waals surface area contributed by atoms with Crippen LogP contribution in [-0.4, -0.2) is 29.7 Å². The number of benzene rings is 2. The van der Waals surface area contributed by atoms with Gasteiger partial charge in [0, 0.05) is 42.0 Å². The van der Waals surface area contributed by atoms with Crippen molar-refractivity contribution in [2.75, 3.05) is 25.5 Å². The highest BCUT2D eigenvalue weighted by Gasteiger charge is 2.26. The van der Waals surface area contributed by atoms with Crippen molar-refractivity contribution in [3.05, 3.63) is 82.2 Å². The molecule has 2 aliphatic rings. The second kappa shape index (κ2) is 9.48. The van der Waals surface area contributed by atoms with Gasteiger partial charge in [0.1, 0.15) is 5.82 Å². The van der Waals surface area contributed by atoms with E-state index in [0.29, 0.717) is 22.4 Å². The third-order valence-electron chi connectivity index (χ3n) is 7.58. The fraction of sp³-hybridized carbons (Fsp3) is 0.310. The van der Waals surface area contributed by atoms with Crippen molar-refractivity contribution in [1.82, 2.24) is 15.3 Å². The zero-order chi connectivity index (χ0) is 24.6. The largest absolute Gasteiger partial charge is 0.383 e. The van der Waals surface area contributed by atoms with Crippen molar-refractivity contribution in [1.29, 1.82) is 0 Å². The van der Waals surface area contributed by atoms with E-state index in [9.17, 15) is 4.79 Å². The van der Waals surface area contributed by atoms with Crippen molar-refractivity contribution >= 4 is 16.6 Å². The summed E-state index contributed by atoms with van der Waals surface area (Å²) in [7, 11) is 0. The van der Waals surface area contributed by atoms with Gasteiger partial charge in [0.15, 0.2) is 0 Å². The number of ether oxygens (including phenoxy) is 1. The van der Waals surface area contributed by atoms with Gasteiger partial charge in [-0.1, -0.05) is 18.2 Å². The van der Waals surface area contributed by atoms with Gasteiger partial charge in [-0.05, 0) is 96.1 Å². The molecule has 7 heteroatoms. The molecule has 2 fully saturated rings. The monoisotopic (exact) mass is 484 g/mol. The lowest BCUT2D eigenvalue weighted by Crippen LogP contribution is -2.19. The molecule has 0 unspecified atom stereocenters. The lowest BCUT2D eigenvalue weighted by atomic mass is 9.84. The molecule has 4 aromatic rings. The first-order chi connectivity index (χ1) is 17.6. The van der Waals surface area contributed by atoms with E-state index in [1.54, 1.807) is 18.3 Å². The molecule has 0 aliphatic carbocycles. The number of aromatic amines is 1. The lowest BCUT2D eigenvalue weighted by Gasteiger charge is -2.27. The number of nitrogen functional groups attached to an aromatic ring is 1. The number of nitrogens with two attached hydrogens (primary N) is 1. The molecule has 0 saturated carbocycles. The average molecular weight is 485 g/mol. The molecule has 4 heterocycles. The third kappa shape index (κ3) is 4.18. The van der Waals surface area contributed by atoms with Crippen LogP contribution in [0, 0.1) is 5.95 Å². The number of rotatable bonds is 4. The van der Waals surface area contributed by atoms with Gasteiger partial charge in [-0.15, -0.1) is 0 Å². The SMILES string of the molecule is Nc1nc(F)c(-c2ccc(C3CCOCC3)c([C@@H]3CCCN3)c2)cc1-c1ccc2c(=O)[nH]ccc2c1. The first kappa shape index (κ1) is 22.9. The molecular weight excluding hydrogens is 455 g/mol. The Labute approximate surface area is 208 Å². The summed E-state index contributed by atoms with van der Waals surface area (Å²) >= 11 is 0. The number of fused-ring (bicyclic) bond motifs is 1. The van der Waals surface area contributed by atoms with Gasteiger partial charge in [0.25, 0.3) is 5.56 Å². The van der Waals surface area contributed by atoms with E-state index in [0.717, 1.165) is 62.0 Å². The minimum absolute atomic E-state index is 0.122. The maximum absolute atomic E-state index is 15.2. The summed E-state index contributed by atoms with van der Waals surface area (Å²) < 4.78 is 20.8. The van der Waals surface area contributed by atoms with E-state index in [-0.39, 0.29) is 17.4 Å². The van der Waals surface area contributed by atoms with Crippen LogP contribution in [0.5, 0.6) is 0 Å². The molecule has 4 N–H and O–H groups in total. The second-order valence-corrected chi connectivity index (χ2v) is 9.75. The Morgan fingerprint density at radius 3 is 2.56 bits per heavy atom. The van der Waals surface area contributed by atoms with Crippen molar-refractivity contribution in [2.24, 2.45) is 0 Å². The molecule has 0 amide bonds. The van der Waals surface area contributed by atoms with E-state index < -0.39 is 5.95 Å². The highest BCUT2D eigenvalue weighted by Crippen LogP contribution is 2.39. The number of nitrogens with zero attached hydrogens (tertiary/aromatic N) is 1. The molecule has 0 spiro atoms. The van der Waals surface area contributed by atoms with Crippen molar-refractivity contribution in [3.8, 4) is 22.3 Å². The quantitative estimate of drug-likeness (QED) is 0.342. The molecule has 1 atom stereocenters. The van der Waals surface area contributed by atoms with Crippen molar-refractivity contribution < 1.29 is 9.13 Å². The van der Waals surface area contributed by atoms with Gasteiger partial charge in [0.2, 0.25) is 5.95 Å². The Bertz CT molecular complexity index is 1490. The highest BCUT2D eigenvalue weighted by atomic mass is 19.1. The Hall–Kier alpha value is -3.55. The van der Waals surface area contributed by atoms with Crippen LogP contribution in [0.2, 0.25) is 0 Å². The molecule has 184 valence electrons. The molecule has 0 radical (unpaired) electrons. The van der Waals surface area contributed by atoms with E-state index in [1.807, 2.05) is 24.3 Å². The van der Waals surface area contributed by atoms with Crippen molar-refractivity contribution in [3.63, 3.8) is 0 Å². The number of hydrogen-bond donors (Lipinski definition) is 3. The van der Waals surface area contributed by atoms with Crippen LogP contribution < -0.4 is 16.6 Å². The van der Waals surface area contributed by atoms with Crippen LogP contribution >= 0.6 is 0 Å². The van der Waals surface area contributed by atoms with Gasteiger partial charge in [-0.3, -0.25) is 4.79 Å². The molecule has 36 heavy (non-hydrogen) atoms. The van der Waals surface area contributed by atoms with E-state index >= 15 is 4.39 Å². The van der Waals surface area contributed by atoms with Crippen LogP contribution in [-0.2, 0) is 4.74 Å². The second-order valence-electron chi connectivity index (χ2n) is 9.75. The standard InChI is InChI=1S/C29H29FN4O2/c30-27-23(16-24(28(31)34-27)18-4-6-22-20(14-18)7-11-33-29(22)35)19-3-5-21(17-8-12-36-13-9-17)25(15-19)26-2-1-10-32-26/h3-7,11,14-17,26,32H,1-2,8-10,12-13H2,(H2,31,34)(H,33,35)/t26-/m0/s1. The summed E-state index contributed by atoms with van der Waals surface area (Å²) in [6.07, 6.45) is 5.83. The summed E-state index contributed by atoms with van der Waals surface area (Å²) in [4.78, 5) is 18.9. The molecule has 2 aliphatic heterocycles. The molecule has 2 saturated heterocycles. The summed E-state index contributed by atoms with van der Waals surface area (Å²) in [6.45, 7) is 2.55. The molecular formula is C29H29FN4O2. The number of hydrogen-bond acceptors (Lipinski definition) is 5. The molecule has 6 rings (SSSR count). The van der Waals surface area contributed by atoms with Crippen molar-refractivity contribution in [2.45, 2.75) is 37.6 Å². The topological polar surface area (TPSA) is 93.0 Å². The predicted octanol–water partition coefficient (Wildman–Crippen LogP) is 5.30. The molecule has 6 nitrogen and oxygen atoms in total. The van der Waals surface area contributed by atoms with Gasteiger partial charge in [-0.2, -0.15) is 4.39 Å². The van der Waals surface area contributed by atoms with Gasteiger partial charge in [-0.25, -0.2) is 4.98 Å². The first-order valence-electron chi connectivity index (χ1n) is 12.6. The fourth-order valence-corrected chi connectivity index (χ4v) is 5.67. The van der Waals surface area contributed by atoms with E-state index in [4.69, 9.17) is 10.5 Å². The maximum Gasteiger partial charge on any atom is 0.255 e. The minimum Gasteiger partial charge on any atom is -0.383 e. The lowest BCUT2D eigenvalue weighted by molar-refractivity contribution is 0.0851. The Balaban J connectivity index is 1.45. The summed E-state index contributed by atoms with van der Waals surface area (Å²) in [6, 6.07) is 15.7. The first-order valence-corrected chi connectivity index (χ1v) is 12.6. The van der Waals surface area contributed by atoms with E-state index in [2.05, 4.69) is 27.4 Å². The average Bonchev–Trinajstić information content (AvgIpc) is 3.44. The summed E-state index contributed by atoms with van der Waals surface area (Å²) in [5, 5.41) is 5.00. The van der Waals surface area contributed by atoms with Gasteiger partial charge >= 0.3 is 0 Å². The Kier molecular flexibility index (Phi) is 6.03. The van der Waals surface area contributed by atoms with E-state index in [1.165, 1.54) is 11.1 Å². The number of pyridine rings is 2. The van der Waals surface area contributed by atoms with Crippen LogP contribution in [0.4, 0.5) is 10.2 Å². The van der Waals surface area contributed by atoms with Crippen LogP contribution in [0.1, 0.15) is 48.8 Å². The normalized spacial score (nSPS) is 18.6. The number of aromatic nitrogens is 2. The molecule has 2 aromatic heterocycles. The minimum atomic E-state index is -0.586. The maximum atomic E-state index is 15.2. The Morgan fingerprint density at radius 1 is 0.944 bits per heavy atom. The highest BCUT2D eigenvalue weighted by molar-refractivity contribution is 5.89. The van der Waals surface area contributed by atoms with Crippen LogP contribution in [0.25, 0.3) is 33.0 Å². The number of anilines is 1. The predicted molar refractivity (Wildman–Crippen MR) is 140 cm³/mol. The zero-order valence-electron chi connectivity index (χ0n) is 20.0. The van der Waals surface area contributed by atoms with Gasteiger partial charge < -0.3 is 20.8 Å². The molecule has 0 bridgehead atoms. The summed E-state index contributed by atoms with van der Waals surface area (Å²) in [5.41, 5.74) is 11.3. The Morgan fingerprint density at radius 2 is 1.75 bits per heavy atom. The third-order valence-corrected chi connectivity index (χ3v) is 7.58. The van der Waals surface area contributed by atoms with Crippen LogP contribution in [0.15, 0.2) is 59.5 Å². The zero-order valence-corrected chi connectivity index (χ0v) is 20.0. The number of nitrogens with one attached hydrogen (secondary N) is 2. The number of H-pyrrole nitrogens is 1. The van der Waals surface area contributed by atoms with Gasteiger partial charge in [0.05, 0.1) is 0 Å². The molecule has 2 aromatic carbocycles.